The molecule has 10 heavy (non-hydrogen) atoms. The zero-order chi connectivity index (χ0) is 7.98. The van der Waals surface area contributed by atoms with Crippen LogP contribution in [0.4, 0.5) is 0 Å². The van der Waals surface area contributed by atoms with Gasteiger partial charge in [0.05, 0.1) is 0 Å². The predicted octanol–water partition coefficient (Wildman–Crippen LogP) is 1.66. The molecule has 0 bridgehead atoms. The van der Waals surface area contributed by atoms with Crippen molar-refractivity contribution in [3.63, 3.8) is 0 Å². The van der Waals surface area contributed by atoms with Crippen LogP contribution in [0.3, 0.4) is 0 Å². The molecule has 0 fully saturated rings. The molecule has 0 aliphatic carbocycles. The predicted molar refractivity (Wildman–Crippen MR) is 36.3 cm³/mol. The molecule has 0 spiro atoms. The van der Waals surface area contributed by atoms with E-state index < -0.39 is 0 Å². The van der Waals surface area contributed by atoms with Crippen LogP contribution in [0, 0.1) is 11.3 Å². The van der Waals surface area contributed by atoms with Gasteiger partial charge in [-0.3, -0.25) is 0 Å². The van der Waals surface area contributed by atoms with Crippen molar-refractivity contribution in [3.8, 4) is 12.0 Å². The second-order valence-electron chi connectivity index (χ2n) is 1.25. The summed E-state index contributed by atoms with van der Waals surface area (Å²) in [5, 5.41) is 16.6. The molecule has 1 N–H and O–H groups in total. The highest BCUT2D eigenvalue weighted by Crippen LogP contribution is 2.11. The first-order chi connectivity index (χ1) is 4.83. The average molecular weight is 137 g/mol. The van der Waals surface area contributed by atoms with Gasteiger partial charge in [0.25, 0.3) is 5.95 Å². The maximum Gasteiger partial charge on any atom is 0.283 e. The van der Waals surface area contributed by atoms with Gasteiger partial charge >= 0.3 is 0 Å². The maximum atomic E-state index is 8.47. The quantitative estimate of drug-likeness (QED) is 0.553. The molecule has 1 heterocycles. The molecular weight excluding hydrogens is 130 g/mol. The molecule has 0 saturated heterocycles. The maximum absolute atomic E-state index is 8.47. The van der Waals surface area contributed by atoms with Crippen molar-refractivity contribution in [1.29, 1.82) is 5.26 Å². The molecule has 52 valence electrons. The zero-order valence-electron chi connectivity index (χ0n) is 5.37. The van der Waals surface area contributed by atoms with E-state index in [1.807, 2.05) is 0 Å². The third-order valence-corrected chi connectivity index (χ3v) is 0.702. The third-order valence-electron chi connectivity index (χ3n) is 0.702. The minimum Gasteiger partial charge on any atom is -0.481 e. The molecule has 0 radical (unpaired) electrons. The Morgan fingerprint density at radius 3 is 2.30 bits per heavy atom. The van der Waals surface area contributed by atoms with Crippen molar-refractivity contribution in [3.05, 3.63) is 31.1 Å². The lowest BCUT2D eigenvalue weighted by molar-refractivity contribution is 0.329. The third kappa shape index (κ3) is 2.05. The van der Waals surface area contributed by atoms with Crippen LogP contribution in [-0.4, -0.2) is 5.11 Å². The summed E-state index contributed by atoms with van der Waals surface area (Å²) in [7, 11) is 0. The first-order valence-corrected chi connectivity index (χ1v) is 2.52. The molecular formula is C7H7NO2. The second kappa shape index (κ2) is 4.21. The number of aromatic hydroxyl groups is 1. The number of nitriles is 1. The Labute approximate surface area is 58.8 Å². The summed E-state index contributed by atoms with van der Waals surface area (Å²) in [4.78, 5) is 0. The molecule has 0 aliphatic rings. The van der Waals surface area contributed by atoms with Gasteiger partial charge < -0.3 is 9.52 Å². The van der Waals surface area contributed by atoms with Crippen molar-refractivity contribution in [2.45, 2.75) is 0 Å². The normalized spacial score (nSPS) is 7.10. The van der Waals surface area contributed by atoms with E-state index in [1.165, 1.54) is 12.1 Å². The van der Waals surface area contributed by atoms with E-state index in [2.05, 4.69) is 17.6 Å². The summed E-state index contributed by atoms with van der Waals surface area (Å²) in [6.07, 6.45) is 0. The van der Waals surface area contributed by atoms with Gasteiger partial charge in [0.1, 0.15) is 6.07 Å². The van der Waals surface area contributed by atoms with Crippen LogP contribution in [0.25, 0.3) is 0 Å². The second-order valence-corrected chi connectivity index (χ2v) is 1.25. The summed E-state index contributed by atoms with van der Waals surface area (Å²) in [6, 6.07) is 4.44. The van der Waals surface area contributed by atoms with Crippen LogP contribution in [0.5, 0.6) is 5.95 Å². The van der Waals surface area contributed by atoms with Crippen LogP contribution in [0.2, 0.25) is 0 Å². The molecule has 3 nitrogen and oxygen atoms in total. The fourth-order valence-electron chi connectivity index (χ4n) is 0.388. The summed E-state index contributed by atoms with van der Waals surface area (Å²) in [5.41, 5.74) is 0. The van der Waals surface area contributed by atoms with Crippen molar-refractivity contribution >= 4 is 0 Å². The van der Waals surface area contributed by atoms with Crippen LogP contribution >= 0.6 is 0 Å². The van der Waals surface area contributed by atoms with Gasteiger partial charge in [0, 0.05) is 6.07 Å². The Hall–Kier alpha value is -1.69. The van der Waals surface area contributed by atoms with Crippen LogP contribution in [0.1, 0.15) is 5.76 Å². The van der Waals surface area contributed by atoms with E-state index in [4.69, 9.17) is 10.4 Å². The molecule has 0 aromatic carbocycles. The van der Waals surface area contributed by atoms with Gasteiger partial charge in [-0.25, -0.2) is 0 Å². The van der Waals surface area contributed by atoms with Crippen molar-refractivity contribution < 1.29 is 9.52 Å². The number of hydrogen-bond donors (Lipinski definition) is 1. The molecule has 1 aromatic heterocycles. The van der Waals surface area contributed by atoms with Gasteiger partial charge in [0.15, 0.2) is 0 Å². The number of furan rings is 1. The van der Waals surface area contributed by atoms with Gasteiger partial charge in [0.2, 0.25) is 5.76 Å². The molecule has 0 unspecified atom stereocenters. The first kappa shape index (κ1) is 8.31. The first-order valence-electron chi connectivity index (χ1n) is 2.52. The molecule has 0 saturated carbocycles. The Morgan fingerprint density at radius 1 is 1.50 bits per heavy atom. The van der Waals surface area contributed by atoms with Gasteiger partial charge in [-0.15, -0.1) is 13.2 Å². The largest absolute Gasteiger partial charge is 0.481 e. The number of rotatable bonds is 0. The SMILES string of the molecule is C=C.N#Cc1ccc(O)o1. The average Bonchev–Trinajstić information content (AvgIpc) is 2.40. The van der Waals surface area contributed by atoms with E-state index >= 15 is 0 Å². The van der Waals surface area contributed by atoms with Crippen molar-refractivity contribution in [1.82, 2.24) is 0 Å². The fraction of sp³-hybridized carbons (Fsp3) is 0. The van der Waals surface area contributed by atoms with E-state index in [-0.39, 0.29) is 11.7 Å². The highest BCUT2D eigenvalue weighted by Gasteiger charge is 1.94. The Kier molecular flexibility index (Phi) is 3.50. The summed E-state index contributed by atoms with van der Waals surface area (Å²) in [5.74, 6) is -0.0935. The Bertz CT molecular complexity index is 234. The van der Waals surface area contributed by atoms with Crippen LogP contribution < -0.4 is 0 Å². The lowest BCUT2D eigenvalue weighted by atomic mass is 10.5. The van der Waals surface area contributed by atoms with Gasteiger partial charge in [-0.1, -0.05) is 0 Å². The number of hydrogen-bond acceptors (Lipinski definition) is 3. The molecule has 3 heteroatoms. The molecule has 0 aliphatic heterocycles. The van der Waals surface area contributed by atoms with Crippen LogP contribution in [0.15, 0.2) is 29.7 Å². The Balaban J connectivity index is 0.000000371. The molecule has 0 amide bonds. The lowest BCUT2D eigenvalue weighted by Crippen LogP contribution is -1.55. The lowest BCUT2D eigenvalue weighted by Gasteiger charge is -1.73. The highest BCUT2D eigenvalue weighted by molar-refractivity contribution is 5.20. The van der Waals surface area contributed by atoms with E-state index in [0.29, 0.717) is 0 Å². The highest BCUT2D eigenvalue weighted by atomic mass is 16.5. The van der Waals surface area contributed by atoms with E-state index in [1.54, 1.807) is 6.07 Å². The fourth-order valence-corrected chi connectivity index (χ4v) is 0.388. The molecule has 1 aromatic rings. The summed E-state index contributed by atoms with van der Waals surface area (Å²) in [6.45, 7) is 6.00. The van der Waals surface area contributed by atoms with Gasteiger partial charge in [-0.05, 0) is 6.07 Å². The summed E-state index contributed by atoms with van der Waals surface area (Å²) >= 11 is 0. The van der Waals surface area contributed by atoms with Gasteiger partial charge in [-0.2, -0.15) is 5.26 Å². The Morgan fingerprint density at radius 2 is 2.10 bits per heavy atom. The van der Waals surface area contributed by atoms with Crippen molar-refractivity contribution in [2.75, 3.05) is 0 Å². The topological polar surface area (TPSA) is 57.2 Å². The van der Waals surface area contributed by atoms with Crippen LogP contribution in [-0.2, 0) is 0 Å². The summed E-state index contributed by atoms with van der Waals surface area (Å²) < 4.78 is 4.43. The monoisotopic (exact) mass is 137 g/mol. The standard InChI is InChI=1S/C5H3NO2.C2H4/c6-3-4-1-2-5(7)8-4;1-2/h1-2,7H;1-2H2. The number of nitrogens with zero attached hydrogens (tertiary/aromatic N) is 1. The van der Waals surface area contributed by atoms with Crippen molar-refractivity contribution in [2.24, 2.45) is 0 Å². The van der Waals surface area contributed by atoms with E-state index in [9.17, 15) is 0 Å². The smallest absolute Gasteiger partial charge is 0.283 e. The van der Waals surface area contributed by atoms with E-state index in [0.717, 1.165) is 0 Å². The molecule has 0 atom stereocenters. The minimum atomic E-state index is -0.221. The minimum absolute atomic E-state index is 0.127. The zero-order valence-corrected chi connectivity index (χ0v) is 5.37. The molecule has 1 rings (SSSR count).